The molecule has 13 aromatic rings. The van der Waals surface area contributed by atoms with Gasteiger partial charge in [0.05, 0.1) is 16.7 Å². The summed E-state index contributed by atoms with van der Waals surface area (Å²) in [7, 11) is 0. The van der Waals surface area contributed by atoms with E-state index in [9.17, 15) is 0 Å². The minimum atomic E-state index is 0.570. The molecule has 14 rings (SSSR count). The van der Waals surface area contributed by atoms with Crippen molar-refractivity contribution in [2.45, 2.75) is 0 Å². The zero-order chi connectivity index (χ0) is 39.8. The van der Waals surface area contributed by atoms with Gasteiger partial charge in [-0.3, -0.25) is 0 Å². The lowest BCUT2D eigenvalue weighted by Gasteiger charge is -2.13. The van der Waals surface area contributed by atoms with Gasteiger partial charge in [0.15, 0.2) is 23.1 Å². The zero-order valence-electron chi connectivity index (χ0n) is 32.4. The highest BCUT2D eigenvalue weighted by Gasteiger charge is 2.26. The Labute approximate surface area is 347 Å². The third-order valence-electron chi connectivity index (χ3n) is 12.6. The van der Waals surface area contributed by atoms with Crippen LogP contribution in [0.4, 0.5) is 0 Å². The standard InChI is InChI=1S/C55H30N4O2/c1-2-12-32(13-3-1)53-56-54(33-27-29-46-41(30-33)36-17-6-7-24-45(36)60-46)58-55(57-53)40-21-11-25-47-49(40)39-20-10-23-44(52(39)61-47)59-42-22-9-19-38-35-16-5-4-15-34(35)37-18-8-14-31-26-28-43(59)51(48(31)37)50(38)42/h1-30H. The van der Waals surface area contributed by atoms with Gasteiger partial charge in [0.1, 0.15) is 16.7 Å². The Balaban J connectivity index is 1.02. The predicted molar refractivity (Wildman–Crippen MR) is 247 cm³/mol. The van der Waals surface area contributed by atoms with Crippen molar-refractivity contribution < 1.29 is 8.83 Å². The van der Waals surface area contributed by atoms with Gasteiger partial charge in [-0.25, -0.2) is 15.0 Å². The second-order valence-electron chi connectivity index (χ2n) is 15.9. The summed E-state index contributed by atoms with van der Waals surface area (Å²) in [5.41, 5.74) is 14.1. The smallest absolute Gasteiger partial charge is 0.164 e. The Morgan fingerprint density at radius 3 is 1.87 bits per heavy atom. The monoisotopic (exact) mass is 778 g/mol. The highest BCUT2D eigenvalue weighted by Crippen LogP contribution is 2.50. The maximum absolute atomic E-state index is 6.99. The van der Waals surface area contributed by atoms with Crippen molar-refractivity contribution in [3.05, 3.63) is 182 Å². The first kappa shape index (κ1) is 32.6. The van der Waals surface area contributed by atoms with Crippen LogP contribution < -0.4 is 0 Å². The Hall–Kier alpha value is -8.35. The van der Waals surface area contributed by atoms with Crippen LogP contribution in [0.25, 0.3) is 139 Å². The summed E-state index contributed by atoms with van der Waals surface area (Å²) >= 11 is 0. The van der Waals surface area contributed by atoms with Gasteiger partial charge in [0.2, 0.25) is 0 Å². The maximum Gasteiger partial charge on any atom is 0.164 e. The molecule has 0 amide bonds. The minimum absolute atomic E-state index is 0.570. The third-order valence-corrected chi connectivity index (χ3v) is 12.6. The first-order valence-corrected chi connectivity index (χ1v) is 20.5. The summed E-state index contributed by atoms with van der Waals surface area (Å²) in [5, 5.41) is 9.03. The largest absolute Gasteiger partial charge is 0.456 e. The number of hydrogen-bond acceptors (Lipinski definition) is 5. The van der Waals surface area contributed by atoms with E-state index in [1.165, 1.54) is 43.8 Å². The summed E-state index contributed by atoms with van der Waals surface area (Å²) in [6, 6.07) is 63.7. The highest BCUT2D eigenvalue weighted by molar-refractivity contribution is 6.30. The molecule has 6 heteroatoms. The molecule has 282 valence electrons. The number of nitrogens with zero attached hydrogens (tertiary/aromatic N) is 4. The zero-order valence-corrected chi connectivity index (χ0v) is 32.4. The molecule has 0 N–H and O–H groups in total. The van der Waals surface area contributed by atoms with Gasteiger partial charge < -0.3 is 13.4 Å². The van der Waals surface area contributed by atoms with Crippen LogP contribution in [0.15, 0.2) is 191 Å². The number of benzene rings is 9. The summed E-state index contributed by atoms with van der Waals surface area (Å²) in [4.78, 5) is 15.5. The van der Waals surface area contributed by atoms with Crippen molar-refractivity contribution in [1.29, 1.82) is 0 Å². The Morgan fingerprint density at radius 2 is 0.984 bits per heavy atom. The van der Waals surface area contributed by atoms with E-state index in [4.69, 9.17) is 23.8 Å². The second kappa shape index (κ2) is 12.1. The van der Waals surface area contributed by atoms with Gasteiger partial charge in [-0.15, -0.1) is 0 Å². The van der Waals surface area contributed by atoms with Crippen LogP contribution in [0.1, 0.15) is 0 Å². The van der Waals surface area contributed by atoms with Crippen LogP contribution in [0, 0.1) is 0 Å². The van der Waals surface area contributed by atoms with Crippen molar-refractivity contribution in [2.24, 2.45) is 0 Å². The third kappa shape index (κ3) is 4.53. The van der Waals surface area contributed by atoms with Crippen LogP contribution in [-0.4, -0.2) is 19.5 Å². The van der Waals surface area contributed by atoms with Crippen LogP contribution in [0.2, 0.25) is 0 Å². The van der Waals surface area contributed by atoms with Crippen LogP contribution in [0.3, 0.4) is 0 Å². The molecule has 0 spiro atoms. The molecule has 6 nitrogen and oxygen atoms in total. The van der Waals surface area contributed by atoms with Crippen molar-refractivity contribution >= 4 is 76.5 Å². The fourth-order valence-electron chi connectivity index (χ4n) is 9.99. The molecule has 0 atom stereocenters. The quantitative estimate of drug-likeness (QED) is 0.178. The molecule has 0 saturated heterocycles. The number of aromatic nitrogens is 4. The van der Waals surface area contributed by atoms with Crippen LogP contribution in [-0.2, 0) is 0 Å². The van der Waals surface area contributed by atoms with Gasteiger partial charge in [-0.05, 0) is 81.6 Å². The topological polar surface area (TPSA) is 69.9 Å². The molecule has 0 unspecified atom stereocenters. The molecule has 1 aliphatic carbocycles. The average Bonchev–Trinajstić information content (AvgIpc) is 3.98. The number of furan rings is 2. The van der Waals surface area contributed by atoms with E-state index in [0.717, 1.165) is 77.3 Å². The van der Waals surface area contributed by atoms with Gasteiger partial charge in [-0.2, -0.15) is 0 Å². The van der Waals surface area contributed by atoms with E-state index in [0.29, 0.717) is 17.5 Å². The molecule has 0 saturated carbocycles. The minimum Gasteiger partial charge on any atom is -0.456 e. The summed E-state index contributed by atoms with van der Waals surface area (Å²) in [6.07, 6.45) is 0. The van der Waals surface area contributed by atoms with Crippen molar-refractivity contribution in [2.75, 3.05) is 0 Å². The number of rotatable bonds is 4. The first-order chi connectivity index (χ1) is 30.2. The van der Waals surface area contributed by atoms with E-state index in [-0.39, 0.29) is 0 Å². The summed E-state index contributed by atoms with van der Waals surface area (Å²) in [5.74, 6) is 1.75. The van der Waals surface area contributed by atoms with Crippen molar-refractivity contribution in [3.8, 4) is 62.1 Å². The lowest BCUT2D eigenvalue weighted by Crippen LogP contribution is -2.00. The van der Waals surface area contributed by atoms with Gasteiger partial charge in [0, 0.05) is 49.0 Å². The molecule has 61 heavy (non-hydrogen) atoms. The SMILES string of the molecule is c1ccc(-c2nc(-c3ccc4oc5ccccc5c4c3)nc(-c3cccc4oc5c(-n6c7cccc8c7c7c9c(cccc9ccc76)-c6ccccc6-8)cccc5c34)n2)cc1. The number of fused-ring (bicyclic) bond motifs is 9. The molecular weight excluding hydrogens is 749 g/mol. The lowest BCUT2D eigenvalue weighted by molar-refractivity contribution is 0.666. The van der Waals surface area contributed by atoms with Crippen molar-refractivity contribution in [3.63, 3.8) is 0 Å². The average molecular weight is 779 g/mol. The summed E-state index contributed by atoms with van der Waals surface area (Å²) < 4.78 is 15.6. The number of para-hydroxylation sites is 2. The molecule has 9 aromatic carbocycles. The van der Waals surface area contributed by atoms with Gasteiger partial charge >= 0.3 is 0 Å². The molecule has 1 aliphatic rings. The Morgan fingerprint density at radius 1 is 0.344 bits per heavy atom. The Bertz CT molecular complexity index is 4010. The van der Waals surface area contributed by atoms with Gasteiger partial charge in [0.25, 0.3) is 0 Å². The highest BCUT2D eigenvalue weighted by atomic mass is 16.3. The van der Waals surface area contributed by atoms with E-state index in [2.05, 4.69) is 114 Å². The fourth-order valence-corrected chi connectivity index (χ4v) is 9.99. The molecule has 0 aliphatic heterocycles. The first-order valence-electron chi connectivity index (χ1n) is 20.5. The molecule has 4 heterocycles. The fraction of sp³-hybridized carbons (Fsp3) is 0. The van der Waals surface area contributed by atoms with Gasteiger partial charge in [-0.1, -0.05) is 133 Å². The Kier molecular flexibility index (Phi) is 6.46. The lowest BCUT2D eigenvalue weighted by atomic mass is 9.93. The van der Waals surface area contributed by atoms with Crippen LogP contribution >= 0.6 is 0 Å². The maximum atomic E-state index is 6.99. The van der Waals surface area contributed by atoms with Crippen molar-refractivity contribution in [1.82, 2.24) is 19.5 Å². The van der Waals surface area contributed by atoms with E-state index >= 15 is 0 Å². The molecule has 4 aromatic heterocycles. The second-order valence-corrected chi connectivity index (χ2v) is 15.9. The van der Waals surface area contributed by atoms with Crippen LogP contribution in [0.5, 0.6) is 0 Å². The van der Waals surface area contributed by atoms with E-state index in [1.54, 1.807) is 0 Å². The predicted octanol–water partition coefficient (Wildman–Crippen LogP) is 14.6. The normalized spacial score (nSPS) is 12.3. The molecule has 0 bridgehead atoms. The number of hydrogen-bond donors (Lipinski definition) is 0. The summed E-state index contributed by atoms with van der Waals surface area (Å²) in [6.45, 7) is 0. The van der Waals surface area contributed by atoms with E-state index in [1.807, 2.05) is 72.8 Å². The molecule has 0 fully saturated rings. The molecule has 0 radical (unpaired) electrons. The van der Waals surface area contributed by atoms with E-state index < -0.39 is 0 Å². The molecular formula is C55H30N4O2.